The molecule has 0 unspecified atom stereocenters. The lowest BCUT2D eigenvalue weighted by Crippen LogP contribution is -2.48. The van der Waals surface area contributed by atoms with Gasteiger partial charge in [0.05, 0.1) is 13.7 Å². The Morgan fingerprint density at radius 2 is 2.03 bits per heavy atom. The molecule has 0 saturated carbocycles. The Kier molecular flexibility index (Phi) is 9.15. The van der Waals surface area contributed by atoms with Crippen molar-refractivity contribution in [3.8, 4) is 11.5 Å². The number of methoxy groups -OCH3 is 2. The highest BCUT2D eigenvalue weighted by Gasteiger charge is 2.33. The number of hydrogen-bond donors (Lipinski definition) is 1. The summed E-state index contributed by atoms with van der Waals surface area (Å²) in [5.41, 5.74) is 1.75. The molecule has 4 rings (SSSR count). The molecule has 1 atom stereocenters. The quantitative estimate of drug-likeness (QED) is 0.422. The summed E-state index contributed by atoms with van der Waals surface area (Å²) < 4.78 is 22.3. The molecule has 3 heterocycles. The van der Waals surface area contributed by atoms with Crippen LogP contribution in [0, 0.1) is 0 Å². The van der Waals surface area contributed by atoms with Gasteiger partial charge < -0.3 is 28.8 Å². The molecule has 9 nitrogen and oxygen atoms in total. The second-order valence-electron chi connectivity index (χ2n) is 8.84. The van der Waals surface area contributed by atoms with E-state index in [1.54, 1.807) is 37.4 Å². The van der Waals surface area contributed by atoms with Gasteiger partial charge in [-0.15, -0.1) is 0 Å². The largest absolute Gasteiger partial charge is 0.493 e. The van der Waals surface area contributed by atoms with Crippen molar-refractivity contribution in [2.75, 3.05) is 27.4 Å². The summed E-state index contributed by atoms with van der Waals surface area (Å²) in [4.78, 5) is 32.4. The van der Waals surface area contributed by atoms with E-state index in [2.05, 4.69) is 10.3 Å². The van der Waals surface area contributed by atoms with Crippen LogP contribution < -0.4 is 14.8 Å². The molecule has 1 aliphatic rings. The van der Waals surface area contributed by atoms with E-state index >= 15 is 0 Å². The third-order valence-electron chi connectivity index (χ3n) is 6.23. The molecule has 0 aliphatic carbocycles. The normalized spacial score (nSPS) is 15.5. The standard InChI is InChI=1S/C28H33N3O6/c1-34-19-22-10-12-25(37-22)28(33)31(23-8-4-6-15-30-27(23)32)18-20-9-11-24(26(17-20)35-2)36-16-13-21-7-3-5-14-29-21/h3,5,7,9-12,14,17,23H,4,6,8,13,15-16,18-19H2,1-2H3,(H,30,32)/t23-/m0/s1. The van der Waals surface area contributed by atoms with Crippen LogP contribution in [-0.2, 0) is 29.1 Å². The first kappa shape index (κ1) is 26.2. The van der Waals surface area contributed by atoms with E-state index in [9.17, 15) is 9.59 Å². The van der Waals surface area contributed by atoms with E-state index in [0.29, 0.717) is 43.3 Å². The van der Waals surface area contributed by atoms with Crippen LogP contribution in [0.1, 0.15) is 46.8 Å². The number of nitrogens with zero attached hydrogens (tertiary/aromatic N) is 2. The number of rotatable bonds is 11. The lowest BCUT2D eigenvalue weighted by molar-refractivity contribution is -0.125. The molecule has 3 aromatic rings. The maximum Gasteiger partial charge on any atom is 0.290 e. The lowest BCUT2D eigenvalue weighted by atomic mass is 10.1. The predicted molar refractivity (Wildman–Crippen MR) is 136 cm³/mol. The summed E-state index contributed by atoms with van der Waals surface area (Å²) in [7, 11) is 3.14. The van der Waals surface area contributed by atoms with Crippen molar-refractivity contribution in [2.45, 2.75) is 44.9 Å². The number of carbonyl (C=O) groups excluding carboxylic acids is 2. The van der Waals surface area contributed by atoms with Gasteiger partial charge in [-0.3, -0.25) is 14.6 Å². The number of furan rings is 1. The predicted octanol–water partition coefficient (Wildman–Crippen LogP) is 3.76. The first-order valence-electron chi connectivity index (χ1n) is 12.4. The van der Waals surface area contributed by atoms with Crippen molar-refractivity contribution in [3.63, 3.8) is 0 Å². The van der Waals surface area contributed by atoms with E-state index < -0.39 is 6.04 Å². The molecule has 0 bridgehead atoms. The fourth-order valence-corrected chi connectivity index (χ4v) is 4.34. The molecule has 37 heavy (non-hydrogen) atoms. The second-order valence-corrected chi connectivity index (χ2v) is 8.84. The molecule has 1 N–H and O–H groups in total. The van der Waals surface area contributed by atoms with Crippen molar-refractivity contribution >= 4 is 11.8 Å². The van der Waals surface area contributed by atoms with Gasteiger partial charge in [0, 0.05) is 38.5 Å². The van der Waals surface area contributed by atoms with Gasteiger partial charge >= 0.3 is 0 Å². The van der Waals surface area contributed by atoms with Crippen molar-refractivity contribution < 1.29 is 28.2 Å². The van der Waals surface area contributed by atoms with Crippen LogP contribution >= 0.6 is 0 Å². The van der Waals surface area contributed by atoms with Gasteiger partial charge in [-0.25, -0.2) is 0 Å². The van der Waals surface area contributed by atoms with Crippen LogP contribution in [-0.4, -0.2) is 55.1 Å². The molecule has 2 aromatic heterocycles. The first-order valence-corrected chi connectivity index (χ1v) is 12.4. The molecular formula is C28H33N3O6. The third-order valence-corrected chi connectivity index (χ3v) is 6.23. The van der Waals surface area contributed by atoms with Crippen molar-refractivity contribution in [1.29, 1.82) is 0 Å². The molecule has 0 radical (unpaired) electrons. The fraction of sp³-hybridized carbons (Fsp3) is 0.393. The zero-order valence-corrected chi connectivity index (χ0v) is 21.3. The SMILES string of the molecule is COCc1ccc(C(=O)N(Cc2ccc(OCCc3ccccn3)c(OC)c2)[C@H]2CCCCNC2=O)o1. The van der Waals surface area contributed by atoms with Crippen LogP contribution in [0.5, 0.6) is 11.5 Å². The van der Waals surface area contributed by atoms with Crippen molar-refractivity contribution in [3.05, 3.63) is 77.5 Å². The van der Waals surface area contributed by atoms with Gasteiger partial charge in [0.2, 0.25) is 5.91 Å². The van der Waals surface area contributed by atoms with Gasteiger partial charge in [0.1, 0.15) is 18.4 Å². The van der Waals surface area contributed by atoms with Crippen molar-refractivity contribution in [1.82, 2.24) is 15.2 Å². The maximum absolute atomic E-state index is 13.6. The van der Waals surface area contributed by atoms with Crippen LogP contribution in [0.2, 0.25) is 0 Å². The molecule has 2 amide bonds. The van der Waals surface area contributed by atoms with Gasteiger partial charge in [-0.05, 0) is 61.2 Å². The lowest BCUT2D eigenvalue weighted by Gasteiger charge is -2.29. The molecule has 0 spiro atoms. The summed E-state index contributed by atoms with van der Waals surface area (Å²) in [6.45, 7) is 1.52. The maximum atomic E-state index is 13.6. The second kappa shape index (κ2) is 12.9. The zero-order chi connectivity index (χ0) is 26.0. The Balaban J connectivity index is 1.53. The number of pyridine rings is 1. The highest BCUT2D eigenvalue weighted by Crippen LogP contribution is 2.30. The number of nitrogens with one attached hydrogen (secondary N) is 1. The highest BCUT2D eigenvalue weighted by atomic mass is 16.5. The summed E-state index contributed by atoms with van der Waals surface area (Å²) in [5.74, 6) is 1.37. The van der Waals surface area contributed by atoms with Crippen LogP contribution in [0.3, 0.4) is 0 Å². The van der Waals surface area contributed by atoms with Crippen LogP contribution in [0.4, 0.5) is 0 Å². The molecule has 1 fully saturated rings. The van der Waals surface area contributed by atoms with Crippen molar-refractivity contribution in [2.24, 2.45) is 0 Å². The number of aromatic nitrogens is 1. The Labute approximate surface area is 216 Å². The minimum absolute atomic E-state index is 0.157. The smallest absolute Gasteiger partial charge is 0.290 e. The Morgan fingerprint density at radius 1 is 1.14 bits per heavy atom. The molecule has 1 saturated heterocycles. The number of carbonyl (C=O) groups is 2. The molecule has 1 aliphatic heterocycles. The van der Waals surface area contributed by atoms with E-state index in [0.717, 1.165) is 24.1 Å². The molecule has 1 aromatic carbocycles. The van der Waals surface area contributed by atoms with Gasteiger partial charge in [0.25, 0.3) is 5.91 Å². The van der Waals surface area contributed by atoms with Crippen LogP contribution in [0.15, 0.2) is 59.1 Å². The summed E-state index contributed by atoms with van der Waals surface area (Å²) in [6, 6.07) is 14.0. The summed E-state index contributed by atoms with van der Waals surface area (Å²) in [5, 5.41) is 2.93. The third kappa shape index (κ3) is 6.89. The van der Waals surface area contributed by atoms with E-state index in [-0.39, 0.29) is 30.7 Å². The molecular weight excluding hydrogens is 474 g/mol. The van der Waals surface area contributed by atoms with E-state index in [1.807, 2.05) is 36.4 Å². The number of amides is 2. The van der Waals surface area contributed by atoms with Crippen LogP contribution in [0.25, 0.3) is 0 Å². The average Bonchev–Trinajstić information content (AvgIpc) is 3.28. The number of ether oxygens (including phenoxy) is 3. The first-order chi connectivity index (χ1) is 18.1. The van der Waals surface area contributed by atoms with E-state index in [4.69, 9.17) is 18.6 Å². The van der Waals surface area contributed by atoms with Gasteiger partial charge in [-0.2, -0.15) is 0 Å². The highest BCUT2D eigenvalue weighted by molar-refractivity contribution is 5.95. The summed E-state index contributed by atoms with van der Waals surface area (Å²) >= 11 is 0. The topological polar surface area (TPSA) is 103 Å². The Hall–Kier alpha value is -3.85. The number of hydrogen-bond acceptors (Lipinski definition) is 7. The molecule has 196 valence electrons. The minimum atomic E-state index is -0.605. The van der Waals surface area contributed by atoms with Gasteiger partial charge in [0.15, 0.2) is 17.3 Å². The summed E-state index contributed by atoms with van der Waals surface area (Å²) in [6.07, 6.45) is 4.72. The molecule has 9 heteroatoms. The van der Waals surface area contributed by atoms with Gasteiger partial charge in [-0.1, -0.05) is 12.1 Å². The Morgan fingerprint density at radius 3 is 2.81 bits per heavy atom. The minimum Gasteiger partial charge on any atom is -0.493 e. The Bertz CT molecular complexity index is 1180. The zero-order valence-electron chi connectivity index (χ0n) is 21.3. The monoisotopic (exact) mass is 507 g/mol. The fourth-order valence-electron chi connectivity index (χ4n) is 4.34. The average molecular weight is 508 g/mol. The number of benzene rings is 1. The van der Waals surface area contributed by atoms with E-state index in [1.165, 1.54) is 0 Å².